The molecular formula is C9H9N5O2. The second-order valence-corrected chi connectivity index (χ2v) is 2.77. The predicted molar refractivity (Wildman–Crippen MR) is 56.3 cm³/mol. The Labute approximate surface area is 91.6 Å². The highest BCUT2D eigenvalue weighted by atomic mass is 16.6. The van der Waals surface area contributed by atoms with Gasteiger partial charge in [-0.15, -0.1) is 0 Å². The highest BCUT2D eigenvalue weighted by Crippen LogP contribution is 1.96. The number of amidine groups is 1. The third-order valence-electron chi connectivity index (χ3n) is 1.66. The number of rotatable bonds is 4. The molecule has 0 aromatic carbocycles. The molecule has 0 aliphatic carbocycles. The van der Waals surface area contributed by atoms with E-state index in [9.17, 15) is 10.1 Å². The van der Waals surface area contributed by atoms with Crippen molar-refractivity contribution in [2.45, 2.75) is 0 Å². The summed E-state index contributed by atoms with van der Waals surface area (Å²) in [5, 5.41) is 21.0. The molecule has 82 valence electrons. The molecule has 7 heteroatoms. The summed E-state index contributed by atoms with van der Waals surface area (Å²) < 4.78 is 0. The van der Waals surface area contributed by atoms with Crippen LogP contribution in [0.4, 0.5) is 0 Å². The van der Waals surface area contributed by atoms with Crippen molar-refractivity contribution in [3.05, 3.63) is 40.2 Å². The van der Waals surface area contributed by atoms with Crippen molar-refractivity contribution in [3.8, 4) is 6.19 Å². The number of nitro groups is 1. The number of nitrogens with one attached hydrogen (secondary N) is 1. The average molecular weight is 219 g/mol. The van der Waals surface area contributed by atoms with Crippen LogP contribution >= 0.6 is 0 Å². The summed E-state index contributed by atoms with van der Waals surface area (Å²) in [7, 11) is 0. The normalized spacial score (nSPS) is 10.6. The molecule has 1 aromatic rings. The molecule has 0 amide bonds. The van der Waals surface area contributed by atoms with Crippen LogP contribution in [0.3, 0.4) is 0 Å². The monoisotopic (exact) mass is 219 g/mol. The van der Waals surface area contributed by atoms with Crippen LogP contribution < -0.4 is 5.32 Å². The Morgan fingerprint density at radius 1 is 1.75 bits per heavy atom. The first-order valence-corrected chi connectivity index (χ1v) is 4.46. The average Bonchev–Trinajstić information content (AvgIpc) is 2.29. The summed E-state index contributed by atoms with van der Waals surface area (Å²) in [6.07, 6.45) is 4.84. The molecule has 0 saturated carbocycles. The molecule has 1 aromatic heterocycles. The molecule has 0 aliphatic heterocycles. The number of nitriles is 1. The Kier molecular flexibility index (Phi) is 4.40. The first kappa shape index (κ1) is 11.6. The Morgan fingerprint density at radius 2 is 2.56 bits per heavy atom. The van der Waals surface area contributed by atoms with Crippen molar-refractivity contribution in [3.63, 3.8) is 0 Å². The SMILES string of the molecule is N#CNC(=NCC[N+](=O)[O-])c1cccnc1. The molecule has 1 N–H and O–H groups in total. The van der Waals surface area contributed by atoms with E-state index < -0.39 is 4.92 Å². The largest absolute Gasteiger partial charge is 0.277 e. The van der Waals surface area contributed by atoms with E-state index in [1.54, 1.807) is 24.5 Å². The number of aliphatic imine (C=N–C) groups is 1. The molecular weight excluding hydrogens is 210 g/mol. The standard InChI is InChI=1S/C9H9N5O2/c10-7-13-9(12-4-5-14(15)16)8-2-1-3-11-6-8/h1-3,6H,4-5H2,(H,12,13). The Bertz CT molecular complexity index is 423. The minimum atomic E-state index is -0.462. The molecule has 0 unspecified atom stereocenters. The summed E-state index contributed by atoms with van der Waals surface area (Å²) >= 11 is 0. The Hall–Kier alpha value is -2.49. The quantitative estimate of drug-likeness (QED) is 0.194. The van der Waals surface area contributed by atoms with Crippen molar-refractivity contribution < 1.29 is 4.92 Å². The van der Waals surface area contributed by atoms with Gasteiger partial charge in [-0.25, -0.2) is 0 Å². The van der Waals surface area contributed by atoms with Gasteiger partial charge in [-0.1, -0.05) is 0 Å². The van der Waals surface area contributed by atoms with Gasteiger partial charge < -0.3 is 0 Å². The van der Waals surface area contributed by atoms with Gasteiger partial charge in [-0.3, -0.25) is 25.4 Å². The molecule has 16 heavy (non-hydrogen) atoms. The van der Waals surface area contributed by atoms with Crippen LogP contribution in [0, 0.1) is 21.6 Å². The van der Waals surface area contributed by atoms with Gasteiger partial charge in [0.2, 0.25) is 6.54 Å². The van der Waals surface area contributed by atoms with E-state index in [1.165, 1.54) is 6.20 Å². The van der Waals surface area contributed by atoms with E-state index in [0.717, 1.165) is 0 Å². The van der Waals surface area contributed by atoms with Crippen molar-refractivity contribution in [1.82, 2.24) is 10.3 Å². The van der Waals surface area contributed by atoms with Crippen LogP contribution in [0.2, 0.25) is 0 Å². The van der Waals surface area contributed by atoms with Gasteiger partial charge in [-0.05, 0) is 12.1 Å². The van der Waals surface area contributed by atoms with Gasteiger partial charge in [0, 0.05) is 22.9 Å². The van der Waals surface area contributed by atoms with Crippen LogP contribution in [0.15, 0.2) is 29.5 Å². The zero-order valence-electron chi connectivity index (χ0n) is 8.33. The minimum Gasteiger partial charge on any atom is -0.277 e. The molecule has 0 spiro atoms. The molecule has 0 saturated heterocycles. The number of nitrogens with zero attached hydrogens (tertiary/aromatic N) is 4. The lowest BCUT2D eigenvalue weighted by molar-refractivity contribution is -0.476. The zero-order valence-corrected chi connectivity index (χ0v) is 8.33. The molecule has 0 aliphatic rings. The maximum absolute atomic E-state index is 10.1. The number of pyridine rings is 1. The lowest BCUT2D eigenvalue weighted by atomic mass is 10.2. The topological polar surface area (TPSA) is 104 Å². The first-order valence-electron chi connectivity index (χ1n) is 4.46. The first-order chi connectivity index (χ1) is 7.74. The smallest absolute Gasteiger partial charge is 0.223 e. The fourth-order valence-electron chi connectivity index (χ4n) is 1.00. The molecule has 1 heterocycles. The van der Waals surface area contributed by atoms with Crippen molar-refractivity contribution >= 4 is 5.84 Å². The molecule has 0 atom stereocenters. The summed E-state index contributed by atoms with van der Waals surface area (Å²) in [6.45, 7) is -0.247. The molecule has 0 radical (unpaired) electrons. The summed E-state index contributed by atoms with van der Waals surface area (Å²) in [4.78, 5) is 17.4. The van der Waals surface area contributed by atoms with Crippen molar-refractivity contribution in [2.24, 2.45) is 4.99 Å². The van der Waals surface area contributed by atoms with E-state index in [1.807, 2.05) is 0 Å². The van der Waals surface area contributed by atoms with Gasteiger partial charge in [0.05, 0.1) is 0 Å². The van der Waals surface area contributed by atoms with Crippen molar-refractivity contribution in [1.29, 1.82) is 5.26 Å². The van der Waals surface area contributed by atoms with Gasteiger partial charge in [-0.2, -0.15) is 5.26 Å². The van der Waals surface area contributed by atoms with Gasteiger partial charge in [0.25, 0.3) is 0 Å². The van der Waals surface area contributed by atoms with E-state index in [-0.39, 0.29) is 18.9 Å². The lowest BCUT2D eigenvalue weighted by Crippen LogP contribution is -2.20. The minimum absolute atomic E-state index is 0.0197. The zero-order chi connectivity index (χ0) is 11.8. The second-order valence-electron chi connectivity index (χ2n) is 2.77. The number of aromatic nitrogens is 1. The van der Waals surface area contributed by atoms with E-state index >= 15 is 0 Å². The predicted octanol–water partition coefficient (Wildman–Crippen LogP) is 0.176. The second kappa shape index (κ2) is 6.08. The fourth-order valence-corrected chi connectivity index (χ4v) is 1.00. The highest BCUT2D eigenvalue weighted by molar-refractivity contribution is 5.99. The maximum Gasteiger partial charge on any atom is 0.223 e. The van der Waals surface area contributed by atoms with E-state index in [2.05, 4.69) is 15.3 Å². The molecule has 0 fully saturated rings. The summed E-state index contributed by atoms with van der Waals surface area (Å²) in [5.41, 5.74) is 0.618. The van der Waals surface area contributed by atoms with Crippen LogP contribution in [0.5, 0.6) is 0 Å². The van der Waals surface area contributed by atoms with Gasteiger partial charge >= 0.3 is 0 Å². The molecule has 1 rings (SSSR count). The molecule has 7 nitrogen and oxygen atoms in total. The third-order valence-corrected chi connectivity index (χ3v) is 1.66. The Morgan fingerprint density at radius 3 is 3.12 bits per heavy atom. The third kappa shape index (κ3) is 3.71. The fraction of sp³-hybridized carbons (Fsp3) is 0.222. The van der Waals surface area contributed by atoms with E-state index in [0.29, 0.717) is 5.56 Å². The van der Waals surface area contributed by atoms with Crippen molar-refractivity contribution in [2.75, 3.05) is 13.1 Å². The number of hydrogen-bond donors (Lipinski definition) is 1. The van der Waals surface area contributed by atoms with Crippen LogP contribution in [-0.4, -0.2) is 28.8 Å². The summed E-state index contributed by atoms with van der Waals surface area (Å²) in [5.74, 6) is 0.289. The van der Waals surface area contributed by atoms with Gasteiger partial charge in [0.15, 0.2) is 6.19 Å². The maximum atomic E-state index is 10.1. The van der Waals surface area contributed by atoms with Crippen LogP contribution in [-0.2, 0) is 0 Å². The lowest BCUT2D eigenvalue weighted by Gasteiger charge is -2.02. The summed E-state index contributed by atoms with van der Waals surface area (Å²) in [6, 6.07) is 3.40. The molecule has 0 bridgehead atoms. The Balaban J connectivity index is 2.76. The van der Waals surface area contributed by atoms with Crippen LogP contribution in [0.25, 0.3) is 0 Å². The van der Waals surface area contributed by atoms with Crippen LogP contribution in [0.1, 0.15) is 5.56 Å². The van der Waals surface area contributed by atoms with Gasteiger partial charge in [0.1, 0.15) is 12.4 Å². The highest BCUT2D eigenvalue weighted by Gasteiger charge is 2.03. The number of hydrogen-bond acceptors (Lipinski definition) is 5. The van der Waals surface area contributed by atoms with E-state index in [4.69, 9.17) is 5.26 Å².